The van der Waals surface area contributed by atoms with Crippen molar-refractivity contribution in [3.63, 3.8) is 0 Å². The smallest absolute Gasteiger partial charge is 0.330 e. The monoisotopic (exact) mass is 550 g/mol. The van der Waals surface area contributed by atoms with E-state index in [1.54, 1.807) is 36.4 Å². The van der Waals surface area contributed by atoms with Crippen LogP contribution in [-0.2, 0) is 31.9 Å². The van der Waals surface area contributed by atoms with E-state index in [-0.39, 0.29) is 18.8 Å². The third kappa shape index (κ3) is 9.38. The SMILES string of the molecule is C=CC(=O)OCCCOc1ccc(CCc2ccc(-c3ccc(OCCCOC(=O)C=C)cc3)c(F)c2F)cc1. The van der Waals surface area contributed by atoms with Gasteiger partial charge in [0.25, 0.3) is 0 Å². The third-order valence-electron chi connectivity index (χ3n) is 5.87. The highest BCUT2D eigenvalue weighted by Crippen LogP contribution is 2.28. The highest BCUT2D eigenvalue weighted by Gasteiger charge is 2.15. The second-order valence-electron chi connectivity index (χ2n) is 8.72. The van der Waals surface area contributed by atoms with Gasteiger partial charge in [0.2, 0.25) is 0 Å². The van der Waals surface area contributed by atoms with Gasteiger partial charge in [0.1, 0.15) is 11.5 Å². The molecule has 3 aromatic rings. The Balaban J connectivity index is 1.48. The minimum atomic E-state index is -0.891. The molecule has 0 unspecified atom stereocenters. The number of carbonyl (C=O) groups excluding carboxylic acids is 2. The normalized spacial score (nSPS) is 10.4. The fourth-order valence-electron chi connectivity index (χ4n) is 3.73. The van der Waals surface area contributed by atoms with Gasteiger partial charge in [0.15, 0.2) is 11.6 Å². The number of esters is 2. The first-order chi connectivity index (χ1) is 19.4. The Hall–Kier alpha value is -4.46. The molecule has 0 aliphatic carbocycles. The molecule has 8 heteroatoms. The van der Waals surface area contributed by atoms with Gasteiger partial charge < -0.3 is 18.9 Å². The molecule has 0 saturated heterocycles. The van der Waals surface area contributed by atoms with Crippen molar-refractivity contribution in [1.82, 2.24) is 0 Å². The molecule has 0 amide bonds. The molecule has 3 rings (SSSR count). The molecule has 0 aromatic heterocycles. The Morgan fingerprint density at radius 1 is 0.650 bits per heavy atom. The molecule has 0 radical (unpaired) electrons. The number of hydrogen-bond acceptors (Lipinski definition) is 6. The summed E-state index contributed by atoms with van der Waals surface area (Å²) in [5, 5.41) is 0. The van der Waals surface area contributed by atoms with Gasteiger partial charge in [0.05, 0.1) is 26.4 Å². The molecular weight excluding hydrogens is 518 g/mol. The van der Waals surface area contributed by atoms with E-state index >= 15 is 0 Å². The van der Waals surface area contributed by atoms with Crippen LogP contribution in [0.4, 0.5) is 8.78 Å². The van der Waals surface area contributed by atoms with Crippen LogP contribution in [0.15, 0.2) is 86.0 Å². The molecule has 0 fully saturated rings. The predicted molar refractivity (Wildman–Crippen MR) is 148 cm³/mol. The number of ether oxygens (including phenoxy) is 4. The Kier molecular flexibility index (Phi) is 11.9. The molecule has 40 heavy (non-hydrogen) atoms. The van der Waals surface area contributed by atoms with E-state index in [0.29, 0.717) is 61.5 Å². The molecule has 0 N–H and O–H groups in total. The Morgan fingerprint density at radius 3 is 1.70 bits per heavy atom. The van der Waals surface area contributed by atoms with E-state index in [1.165, 1.54) is 0 Å². The Morgan fingerprint density at radius 2 is 1.18 bits per heavy atom. The van der Waals surface area contributed by atoms with Crippen LogP contribution in [-0.4, -0.2) is 38.4 Å². The van der Waals surface area contributed by atoms with Crippen molar-refractivity contribution in [1.29, 1.82) is 0 Å². The second kappa shape index (κ2) is 15.8. The average molecular weight is 551 g/mol. The van der Waals surface area contributed by atoms with Gasteiger partial charge in [-0.25, -0.2) is 18.4 Å². The number of benzene rings is 3. The van der Waals surface area contributed by atoms with E-state index < -0.39 is 23.6 Å². The lowest BCUT2D eigenvalue weighted by Crippen LogP contribution is -2.06. The molecule has 210 valence electrons. The average Bonchev–Trinajstić information content (AvgIpc) is 2.98. The molecule has 0 bridgehead atoms. The van der Waals surface area contributed by atoms with Gasteiger partial charge >= 0.3 is 11.9 Å². The van der Waals surface area contributed by atoms with Crippen molar-refractivity contribution < 1.29 is 37.3 Å². The standard InChI is InChI=1S/C32H32F2O6/c1-3-29(35)39-21-5-19-37-26-14-8-23(9-15-26)7-10-25-13-18-28(32(34)31(25)33)24-11-16-27(17-12-24)38-20-6-22-40-30(36)4-2/h3-4,8-9,11-18H,1-2,5-7,10,19-22H2. The molecule has 0 heterocycles. The van der Waals surface area contributed by atoms with Crippen LogP contribution in [0.25, 0.3) is 11.1 Å². The van der Waals surface area contributed by atoms with Gasteiger partial charge in [-0.2, -0.15) is 0 Å². The summed E-state index contributed by atoms with van der Waals surface area (Å²) in [7, 11) is 0. The zero-order chi connectivity index (χ0) is 28.7. The maximum absolute atomic E-state index is 14.9. The van der Waals surface area contributed by atoms with Crippen LogP contribution in [0, 0.1) is 11.6 Å². The number of hydrogen-bond donors (Lipinski definition) is 0. The molecule has 6 nitrogen and oxygen atoms in total. The van der Waals surface area contributed by atoms with Gasteiger partial charge in [-0.1, -0.05) is 49.6 Å². The van der Waals surface area contributed by atoms with E-state index in [0.717, 1.165) is 17.7 Å². The first-order valence-electron chi connectivity index (χ1n) is 12.9. The van der Waals surface area contributed by atoms with E-state index in [4.69, 9.17) is 18.9 Å². The highest BCUT2D eigenvalue weighted by atomic mass is 19.2. The first-order valence-corrected chi connectivity index (χ1v) is 12.9. The summed E-state index contributed by atoms with van der Waals surface area (Å²) in [4.78, 5) is 22.0. The maximum Gasteiger partial charge on any atom is 0.330 e. The summed E-state index contributed by atoms with van der Waals surface area (Å²) in [5.74, 6) is -1.45. The fraction of sp³-hybridized carbons (Fsp3) is 0.250. The van der Waals surface area contributed by atoms with E-state index in [1.807, 2.05) is 24.3 Å². The number of carbonyl (C=O) groups is 2. The zero-order valence-corrected chi connectivity index (χ0v) is 22.2. The summed E-state index contributed by atoms with van der Waals surface area (Å²) in [6.45, 7) is 7.87. The van der Waals surface area contributed by atoms with Crippen LogP contribution in [0.3, 0.4) is 0 Å². The number of rotatable bonds is 16. The van der Waals surface area contributed by atoms with Gasteiger partial charge in [0, 0.05) is 30.6 Å². The van der Waals surface area contributed by atoms with Crippen LogP contribution in [0.1, 0.15) is 24.0 Å². The lowest BCUT2D eigenvalue weighted by Gasteiger charge is -2.11. The van der Waals surface area contributed by atoms with Crippen LogP contribution in [0.5, 0.6) is 11.5 Å². The number of aryl methyl sites for hydroxylation is 2. The minimum absolute atomic E-state index is 0.171. The molecule has 0 saturated carbocycles. The van der Waals surface area contributed by atoms with Crippen LogP contribution < -0.4 is 9.47 Å². The van der Waals surface area contributed by atoms with Gasteiger partial charge in [-0.05, 0) is 53.8 Å². The second-order valence-corrected chi connectivity index (χ2v) is 8.72. The topological polar surface area (TPSA) is 71.1 Å². The van der Waals surface area contributed by atoms with Crippen molar-refractivity contribution in [3.05, 3.63) is 109 Å². The minimum Gasteiger partial charge on any atom is -0.493 e. The van der Waals surface area contributed by atoms with Gasteiger partial charge in [-0.3, -0.25) is 0 Å². The van der Waals surface area contributed by atoms with Gasteiger partial charge in [-0.15, -0.1) is 0 Å². The van der Waals surface area contributed by atoms with E-state index in [9.17, 15) is 18.4 Å². The zero-order valence-electron chi connectivity index (χ0n) is 22.2. The maximum atomic E-state index is 14.9. The quantitative estimate of drug-likeness (QED) is 0.117. The third-order valence-corrected chi connectivity index (χ3v) is 5.87. The summed E-state index contributed by atoms with van der Waals surface area (Å²) >= 11 is 0. The number of halogens is 2. The summed E-state index contributed by atoms with van der Waals surface area (Å²) in [5.41, 5.74) is 1.97. The predicted octanol–water partition coefficient (Wildman–Crippen LogP) is 6.41. The Labute approximate surface area is 232 Å². The van der Waals surface area contributed by atoms with Crippen molar-refractivity contribution in [2.24, 2.45) is 0 Å². The van der Waals surface area contributed by atoms with Crippen molar-refractivity contribution in [2.45, 2.75) is 25.7 Å². The lowest BCUT2D eigenvalue weighted by atomic mass is 9.99. The molecule has 0 aliphatic heterocycles. The van der Waals surface area contributed by atoms with Crippen molar-refractivity contribution in [2.75, 3.05) is 26.4 Å². The fourth-order valence-corrected chi connectivity index (χ4v) is 3.73. The molecule has 3 aromatic carbocycles. The largest absolute Gasteiger partial charge is 0.493 e. The molecule has 0 atom stereocenters. The molecule has 0 spiro atoms. The highest BCUT2D eigenvalue weighted by molar-refractivity contribution is 5.81. The Bertz CT molecular complexity index is 1290. The van der Waals surface area contributed by atoms with Crippen molar-refractivity contribution >= 4 is 11.9 Å². The molecule has 0 aliphatic rings. The molecular formula is C32H32F2O6. The van der Waals surface area contributed by atoms with Crippen LogP contribution in [0.2, 0.25) is 0 Å². The lowest BCUT2D eigenvalue weighted by molar-refractivity contribution is -0.138. The summed E-state index contributed by atoms with van der Waals surface area (Å²) < 4.78 is 50.8. The summed E-state index contributed by atoms with van der Waals surface area (Å²) in [6.07, 6.45) is 4.15. The van der Waals surface area contributed by atoms with Crippen molar-refractivity contribution in [3.8, 4) is 22.6 Å². The van der Waals surface area contributed by atoms with Crippen LogP contribution >= 0.6 is 0 Å². The summed E-state index contributed by atoms with van der Waals surface area (Å²) in [6, 6.07) is 17.3. The van der Waals surface area contributed by atoms with E-state index in [2.05, 4.69) is 13.2 Å². The first kappa shape index (κ1) is 30.1.